The Morgan fingerprint density at radius 2 is 1.19 bits per heavy atom. The Labute approximate surface area is 348 Å². The predicted octanol–water partition coefficient (Wildman–Crippen LogP) is 10.2. The lowest BCUT2D eigenvalue weighted by Crippen LogP contribution is -2.50. The molecule has 314 valence electrons. The standard InChI is InChI=1S/C20H23NO3.C17H27NO.C13H19NO/c1-15-14-21(19(23)24-18-9-4-3-5-10-18)12-11-20(15,2)16-7-6-8-17(22)13-16;1-13(2)19-16-8-6-7-15(11-16)17(4)9-10-18(5)12-14(17)3;1-10-9-14-7-6-13(10,2)11-4-3-5-12(15)8-11/h3-10,13,15,22H,11-12,14H2,1-2H3;6-8,11,13-14H,9-10,12H2,1-5H3;3-5,8,10,14-15H,6-7,9H2,1-2H3/t15-,20+;14-,17+;10-,13+/m000/s1. The van der Waals surface area contributed by atoms with E-state index in [1.54, 1.807) is 29.2 Å². The first kappa shape index (κ1) is 44.6. The van der Waals surface area contributed by atoms with E-state index in [2.05, 4.69) is 103 Å². The zero-order valence-corrected chi connectivity index (χ0v) is 36.5. The van der Waals surface area contributed by atoms with Gasteiger partial charge in [0.05, 0.1) is 6.10 Å². The number of para-hydroxylation sites is 1. The fourth-order valence-corrected chi connectivity index (χ4v) is 8.83. The third-order valence-electron chi connectivity index (χ3n) is 13.6. The number of hydrogen-bond acceptors (Lipinski definition) is 7. The number of nitrogens with one attached hydrogen (secondary N) is 1. The van der Waals surface area contributed by atoms with Gasteiger partial charge in [-0.2, -0.15) is 0 Å². The Bertz CT molecular complexity index is 1920. The molecule has 3 N–H and O–H groups in total. The van der Waals surface area contributed by atoms with Crippen molar-refractivity contribution in [1.82, 2.24) is 15.1 Å². The number of aromatic hydroxyl groups is 2. The van der Waals surface area contributed by atoms with Gasteiger partial charge in [0.15, 0.2) is 0 Å². The highest BCUT2D eigenvalue weighted by Crippen LogP contribution is 2.42. The first-order valence-electron chi connectivity index (χ1n) is 21.3. The molecule has 3 saturated heterocycles. The number of carbonyl (C=O) groups excluding carboxylic acids is 1. The number of ether oxygens (including phenoxy) is 2. The number of piperidine rings is 3. The number of phenolic OH excluding ortho intramolecular Hbond substituents is 2. The summed E-state index contributed by atoms with van der Waals surface area (Å²) in [7, 11) is 2.22. The minimum atomic E-state index is -0.300. The van der Waals surface area contributed by atoms with Gasteiger partial charge in [-0.15, -0.1) is 0 Å². The second kappa shape index (κ2) is 19.5. The lowest BCUT2D eigenvalue weighted by Gasteiger charge is -2.44. The molecular weight excluding hydrogens is 723 g/mol. The monoisotopic (exact) mass is 792 g/mol. The van der Waals surface area contributed by atoms with E-state index >= 15 is 0 Å². The van der Waals surface area contributed by atoms with E-state index in [-0.39, 0.29) is 40.1 Å². The second-order valence-corrected chi connectivity index (χ2v) is 18.1. The molecule has 3 fully saturated rings. The predicted molar refractivity (Wildman–Crippen MR) is 236 cm³/mol. The molecule has 3 aliphatic heterocycles. The highest BCUT2D eigenvalue weighted by molar-refractivity contribution is 5.71. The maximum Gasteiger partial charge on any atom is 0.415 e. The SMILES string of the molecule is CC(C)Oc1cccc([C@]2(C)CCN(C)C[C@@H]2C)c1.C[C@H]1CN(C(=O)Oc2ccccc2)CC[C@@]1(C)c1cccc(O)c1.C[C@H]1CNCC[C@@]1(C)c1cccc(O)c1. The van der Waals surface area contributed by atoms with Gasteiger partial charge in [0.2, 0.25) is 0 Å². The number of likely N-dealkylation sites (tertiary alicyclic amines) is 2. The Morgan fingerprint density at radius 3 is 1.72 bits per heavy atom. The molecule has 0 aromatic heterocycles. The van der Waals surface area contributed by atoms with Crippen LogP contribution in [0.15, 0.2) is 103 Å². The average molecular weight is 792 g/mol. The summed E-state index contributed by atoms with van der Waals surface area (Å²) in [4.78, 5) is 16.6. The van der Waals surface area contributed by atoms with Crippen molar-refractivity contribution in [2.75, 3.05) is 46.3 Å². The van der Waals surface area contributed by atoms with Gasteiger partial charge in [-0.3, -0.25) is 0 Å². The molecule has 0 aliphatic carbocycles. The Hall–Kier alpha value is -4.53. The summed E-state index contributed by atoms with van der Waals surface area (Å²) in [6.45, 7) is 23.6. The van der Waals surface area contributed by atoms with Crippen LogP contribution in [0.4, 0.5) is 4.79 Å². The molecule has 0 saturated carbocycles. The molecule has 3 aliphatic rings. The lowest BCUT2D eigenvalue weighted by molar-refractivity contribution is 0.0969. The van der Waals surface area contributed by atoms with Gasteiger partial charge >= 0.3 is 6.09 Å². The van der Waals surface area contributed by atoms with E-state index in [1.807, 2.05) is 48.5 Å². The van der Waals surface area contributed by atoms with Crippen LogP contribution >= 0.6 is 0 Å². The summed E-state index contributed by atoms with van der Waals surface area (Å²) < 4.78 is 11.3. The topological polar surface area (TPSA) is 94.5 Å². The van der Waals surface area contributed by atoms with Crippen LogP contribution in [0.5, 0.6) is 23.0 Å². The van der Waals surface area contributed by atoms with Crippen LogP contribution in [0.2, 0.25) is 0 Å². The van der Waals surface area contributed by atoms with E-state index in [0.29, 0.717) is 36.4 Å². The van der Waals surface area contributed by atoms with E-state index < -0.39 is 0 Å². The molecule has 8 heteroatoms. The highest BCUT2D eigenvalue weighted by atomic mass is 16.6. The molecule has 0 bridgehead atoms. The minimum Gasteiger partial charge on any atom is -0.508 e. The van der Waals surface area contributed by atoms with Gasteiger partial charge < -0.3 is 34.8 Å². The van der Waals surface area contributed by atoms with Crippen LogP contribution in [0.1, 0.15) is 91.3 Å². The van der Waals surface area contributed by atoms with Crippen molar-refractivity contribution in [1.29, 1.82) is 0 Å². The number of phenols is 2. The van der Waals surface area contributed by atoms with E-state index in [4.69, 9.17) is 9.47 Å². The van der Waals surface area contributed by atoms with Gasteiger partial charge in [0.1, 0.15) is 23.0 Å². The van der Waals surface area contributed by atoms with Crippen molar-refractivity contribution in [3.63, 3.8) is 0 Å². The Morgan fingerprint density at radius 1 is 0.672 bits per heavy atom. The second-order valence-electron chi connectivity index (χ2n) is 18.1. The molecule has 4 aromatic rings. The van der Waals surface area contributed by atoms with Gasteiger partial charge in [-0.05, 0) is 159 Å². The summed E-state index contributed by atoms with van der Waals surface area (Å²) in [6, 6.07) is 33.0. The summed E-state index contributed by atoms with van der Waals surface area (Å²) in [5.41, 5.74) is 4.20. The van der Waals surface area contributed by atoms with E-state index in [1.165, 1.54) is 30.6 Å². The highest BCUT2D eigenvalue weighted by Gasteiger charge is 2.40. The van der Waals surface area contributed by atoms with E-state index in [0.717, 1.165) is 37.2 Å². The van der Waals surface area contributed by atoms with Crippen LogP contribution in [0.25, 0.3) is 0 Å². The first-order chi connectivity index (χ1) is 27.5. The summed E-state index contributed by atoms with van der Waals surface area (Å²) in [5, 5.41) is 22.7. The minimum absolute atomic E-state index is 0.0672. The van der Waals surface area contributed by atoms with Crippen LogP contribution in [-0.2, 0) is 16.2 Å². The first-order valence-corrected chi connectivity index (χ1v) is 21.3. The maximum atomic E-state index is 12.4. The van der Waals surface area contributed by atoms with Crippen molar-refractivity contribution in [3.8, 4) is 23.0 Å². The van der Waals surface area contributed by atoms with Gasteiger partial charge in [0.25, 0.3) is 0 Å². The van der Waals surface area contributed by atoms with Gasteiger partial charge in [0, 0.05) is 19.6 Å². The number of hydrogen-bond donors (Lipinski definition) is 3. The summed E-state index contributed by atoms with van der Waals surface area (Å²) in [6.07, 6.45) is 3.12. The van der Waals surface area contributed by atoms with Crippen LogP contribution in [0.3, 0.4) is 0 Å². The molecule has 0 unspecified atom stereocenters. The number of nitrogens with zero attached hydrogens (tertiary/aromatic N) is 2. The molecule has 4 aromatic carbocycles. The lowest BCUT2D eigenvalue weighted by atomic mass is 9.68. The third kappa shape index (κ3) is 10.9. The van der Waals surface area contributed by atoms with Crippen molar-refractivity contribution in [3.05, 3.63) is 120 Å². The Balaban J connectivity index is 0.000000170. The Kier molecular flexibility index (Phi) is 15.0. The smallest absolute Gasteiger partial charge is 0.415 e. The molecule has 0 radical (unpaired) electrons. The summed E-state index contributed by atoms with van der Waals surface area (Å²) >= 11 is 0. The molecule has 1 amide bonds. The number of carbonyl (C=O) groups is 1. The molecule has 6 atom stereocenters. The van der Waals surface area contributed by atoms with Crippen molar-refractivity contribution in [2.24, 2.45) is 17.8 Å². The van der Waals surface area contributed by atoms with Gasteiger partial charge in [-0.25, -0.2) is 4.79 Å². The molecule has 3 heterocycles. The summed E-state index contributed by atoms with van der Waals surface area (Å²) in [5.74, 6) is 3.76. The quantitative estimate of drug-likeness (QED) is 0.179. The fraction of sp³-hybridized carbons (Fsp3) is 0.500. The zero-order chi connectivity index (χ0) is 42.1. The van der Waals surface area contributed by atoms with Crippen LogP contribution < -0.4 is 14.8 Å². The maximum absolute atomic E-state index is 12.4. The van der Waals surface area contributed by atoms with E-state index in [9.17, 15) is 15.0 Å². The van der Waals surface area contributed by atoms with Crippen molar-refractivity contribution < 1.29 is 24.5 Å². The van der Waals surface area contributed by atoms with Crippen LogP contribution in [-0.4, -0.2) is 78.5 Å². The largest absolute Gasteiger partial charge is 0.508 e. The average Bonchev–Trinajstić information content (AvgIpc) is 3.19. The molecule has 58 heavy (non-hydrogen) atoms. The molecule has 0 spiro atoms. The van der Waals surface area contributed by atoms with Crippen LogP contribution in [0, 0.1) is 17.8 Å². The molecule has 8 nitrogen and oxygen atoms in total. The number of amides is 1. The normalized spacial score (nSPS) is 27.3. The number of benzene rings is 4. The fourth-order valence-electron chi connectivity index (χ4n) is 8.83. The number of rotatable bonds is 6. The third-order valence-corrected chi connectivity index (χ3v) is 13.6. The molecule has 7 rings (SSSR count). The van der Waals surface area contributed by atoms with Gasteiger partial charge in [-0.1, -0.05) is 96.1 Å². The zero-order valence-electron chi connectivity index (χ0n) is 36.5. The molecular formula is C50H69N3O5. The van der Waals surface area contributed by atoms with Crippen molar-refractivity contribution >= 4 is 6.09 Å². The van der Waals surface area contributed by atoms with Crippen molar-refractivity contribution in [2.45, 2.75) is 97.0 Å².